The molecular weight excluding hydrogens is 398 g/mol. The molecule has 0 N–H and O–H groups in total. The minimum absolute atomic E-state index is 0.00961. The Labute approximate surface area is 168 Å². The number of amides is 1. The molecular formula is C19H25N3O4S2. The van der Waals surface area contributed by atoms with E-state index in [1.165, 1.54) is 15.8 Å². The lowest BCUT2D eigenvalue weighted by molar-refractivity contribution is -0.134. The number of fused-ring (bicyclic) bond motifs is 3. The minimum Gasteiger partial charge on any atom is -0.337 e. The van der Waals surface area contributed by atoms with Crippen LogP contribution in [0.1, 0.15) is 37.1 Å². The molecule has 1 fully saturated rings. The number of carbonyl (C=O) groups excluding carboxylic acids is 1. The van der Waals surface area contributed by atoms with Crippen LogP contribution < -0.4 is 5.56 Å². The Balaban J connectivity index is 1.62. The average Bonchev–Trinajstić information content (AvgIpc) is 3.28. The van der Waals surface area contributed by atoms with Crippen LogP contribution in [-0.4, -0.2) is 52.9 Å². The van der Waals surface area contributed by atoms with Crippen molar-refractivity contribution in [3.8, 4) is 0 Å². The summed E-state index contributed by atoms with van der Waals surface area (Å²) in [7, 11) is -3.09. The molecule has 0 bridgehead atoms. The fourth-order valence-electron chi connectivity index (χ4n) is 4.24. The Kier molecular flexibility index (Phi) is 5.07. The second kappa shape index (κ2) is 7.26. The van der Waals surface area contributed by atoms with E-state index in [0.717, 1.165) is 29.7 Å². The lowest BCUT2D eigenvalue weighted by atomic mass is 10.1. The van der Waals surface area contributed by atoms with Crippen LogP contribution >= 0.6 is 11.3 Å². The predicted octanol–water partition coefficient (Wildman–Crippen LogP) is 1.62. The second-order valence-corrected chi connectivity index (χ2v) is 11.5. The highest BCUT2D eigenvalue weighted by Gasteiger charge is 2.35. The number of sulfone groups is 1. The molecule has 9 heteroatoms. The van der Waals surface area contributed by atoms with Crippen molar-refractivity contribution in [2.45, 2.75) is 52.1 Å². The molecule has 28 heavy (non-hydrogen) atoms. The van der Waals surface area contributed by atoms with Gasteiger partial charge in [-0.15, -0.1) is 11.3 Å². The van der Waals surface area contributed by atoms with E-state index in [2.05, 4.69) is 4.98 Å². The Morgan fingerprint density at radius 1 is 1.39 bits per heavy atom. The third kappa shape index (κ3) is 3.61. The molecule has 2 aliphatic rings. The Morgan fingerprint density at radius 3 is 2.86 bits per heavy atom. The molecule has 0 unspecified atom stereocenters. The van der Waals surface area contributed by atoms with E-state index in [1.54, 1.807) is 16.2 Å². The summed E-state index contributed by atoms with van der Waals surface area (Å²) in [5.41, 5.74) is 0.932. The molecule has 1 saturated heterocycles. The lowest BCUT2D eigenvalue weighted by Crippen LogP contribution is -2.45. The van der Waals surface area contributed by atoms with E-state index >= 15 is 0 Å². The van der Waals surface area contributed by atoms with Crippen molar-refractivity contribution in [2.75, 3.05) is 18.1 Å². The first-order valence-corrected chi connectivity index (χ1v) is 12.4. The fourth-order valence-corrected chi connectivity index (χ4v) is 7.19. The maximum atomic E-state index is 13.1. The Morgan fingerprint density at radius 2 is 2.18 bits per heavy atom. The number of nitrogens with zero attached hydrogens (tertiary/aromatic N) is 3. The van der Waals surface area contributed by atoms with Gasteiger partial charge in [0.15, 0.2) is 9.84 Å². The zero-order chi connectivity index (χ0) is 20.1. The van der Waals surface area contributed by atoms with E-state index in [1.807, 2.05) is 13.8 Å². The molecule has 152 valence electrons. The van der Waals surface area contributed by atoms with Gasteiger partial charge in [-0.25, -0.2) is 13.4 Å². The molecule has 7 nitrogen and oxygen atoms in total. The number of thiophene rings is 1. The van der Waals surface area contributed by atoms with Crippen LogP contribution in [-0.2, 0) is 34.0 Å². The van der Waals surface area contributed by atoms with Crippen LogP contribution in [0.15, 0.2) is 11.1 Å². The highest BCUT2D eigenvalue weighted by atomic mass is 32.2. The summed E-state index contributed by atoms with van der Waals surface area (Å²) in [5, 5.41) is 0.659. The van der Waals surface area contributed by atoms with Crippen LogP contribution in [0, 0.1) is 5.92 Å². The number of carbonyl (C=O) groups is 1. The summed E-state index contributed by atoms with van der Waals surface area (Å²) in [6.07, 6.45) is 4.86. The Bertz CT molecular complexity index is 1080. The second-order valence-electron chi connectivity index (χ2n) is 8.21. The maximum Gasteiger partial charge on any atom is 0.262 e. The van der Waals surface area contributed by atoms with Crippen molar-refractivity contribution in [1.29, 1.82) is 0 Å². The van der Waals surface area contributed by atoms with Gasteiger partial charge in [0, 0.05) is 17.5 Å². The Hall–Kier alpha value is -1.74. The van der Waals surface area contributed by atoms with Gasteiger partial charge in [-0.1, -0.05) is 13.8 Å². The molecule has 0 saturated carbocycles. The van der Waals surface area contributed by atoms with Gasteiger partial charge in [0.05, 0.1) is 23.2 Å². The van der Waals surface area contributed by atoms with Crippen molar-refractivity contribution in [2.24, 2.45) is 5.92 Å². The summed E-state index contributed by atoms with van der Waals surface area (Å²) < 4.78 is 25.2. The van der Waals surface area contributed by atoms with Crippen molar-refractivity contribution < 1.29 is 13.2 Å². The highest BCUT2D eigenvalue weighted by Crippen LogP contribution is 2.34. The van der Waals surface area contributed by atoms with Gasteiger partial charge in [-0.2, -0.15) is 0 Å². The largest absolute Gasteiger partial charge is 0.337 e. The average molecular weight is 424 g/mol. The molecule has 0 aromatic carbocycles. The van der Waals surface area contributed by atoms with Gasteiger partial charge >= 0.3 is 0 Å². The van der Waals surface area contributed by atoms with Crippen LogP contribution in [0.2, 0.25) is 0 Å². The van der Waals surface area contributed by atoms with Gasteiger partial charge in [-0.3, -0.25) is 14.2 Å². The summed E-state index contributed by atoms with van der Waals surface area (Å²) in [5.74, 6) is 0.125. The minimum atomic E-state index is -3.09. The standard InChI is InChI=1S/C19H25N3O4S2/c1-12(2)8-22(13-6-7-28(25,26)10-13)16(23)9-21-11-20-18-17(19(21)24)14-4-3-5-15(14)27-18/h11-13H,3-10H2,1-2H3/t13-/m1/s1. The van der Waals surface area contributed by atoms with Gasteiger partial charge < -0.3 is 4.90 Å². The maximum absolute atomic E-state index is 13.1. The van der Waals surface area contributed by atoms with Crippen molar-refractivity contribution in [3.05, 3.63) is 27.1 Å². The SMILES string of the molecule is CC(C)CN(C(=O)Cn1cnc2sc3c(c2c1=O)CCC3)[C@@H]1CCS(=O)(=O)C1. The zero-order valence-electron chi connectivity index (χ0n) is 16.2. The molecule has 1 aliphatic carbocycles. The fraction of sp³-hybridized carbons (Fsp3) is 0.632. The summed E-state index contributed by atoms with van der Waals surface area (Å²) in [6.45, 7) is 4.38. The first-order valence-electron chi connectivity index (χ1n) is 9.75. The first kappa shape index (κ1) is 19.6. The zero-order valence-corrected chi connectivity index (χ0v) is 17.8. The van der Waals surface area contributed by atoms with Crippen LogP contribution in [0.3, 0.4) is 0 Å². The van der Waals surface area contributed by atoms with Crippen molar-refractivity contribution in [3.63, 3.8) is 0 Å². The number of aromatic nitrogens is 2. The number of aryl methyl sites for hydroxylation is 2. The smallest absolute Gasteiger partial charge is 0.262 e. The third-order valence-electron chi connectivity index (χ3n) is 5.53. The van der Waals surface area contributed by atoms with Gasteiger partial charge in [0.2, 0.25) is 5.91 Å². The number of rotatable bonds is 5. The van der Waals surface area contributed by atoms with Crippen molar-refractivity contribution >= 4 is 37.3 Å². The number of hydrogen-bond acceptors (Lipinski definition) is 6. The van der Waals surface area contributed by atoms with E-state index in [0.29, 0.717) is 18.4 Å². The summed E-state index contributed by atoms with van der Waals surface area (Å²) >= 11 is 1.58. The van der Waals surface area contributed by atoms with Crippen molar-refractivity contribution in [1.82, 2.24) is 14.5 Å². The molecule has 2 aromatic rings. The van der Waals surface area contributed by atoms with Crippen LogP contribution in [0.4, 0.5) is 0 Å². The highest BCUT2D eigenvalue weighted by molar-refractivity contribution is 7.91. The molecule has 1 atom stereocenters. The van der Waals surface area contributed by atoms with Gasteiger partial charge in [-0.05, 0) is 37.2 Å². The van der Waals surface area contributed by atoms with E-state index in [9.17, 15) is 18.0 Å². The van der Waals surface area contributed by atoms with E-state index in [-0.39, 0.29) is 41.5 Å². The molecule has 1 amide bonds. The van der Waals surface area contributed by atoms with Crippen LogP contribution in [0.5, 0.6) is 0 Å². The monoisotopic (exact) mass is 423 g/mol. The van der Waals surface area contributed by atoms with Crippen LogP contribution in [0.25, 0.3) is 10.2 Å². The van der Waals surface area contributed by atoms with Gasteiger partial charge in [0.25, 0.3) is 5.56 Å². The van der Waals surface area contributed by atoms with Gasteiger partial charge in [0.1, 0.15) is 11.4 Å². The molecule has 0 spiro atoms. The third-order valence-corrected chi connectivity index (χ3v) is 8.48. The molecule has 1 aliphatic heterocycles. The molecule has 4 rings (SSSR count). The molecule has 3 heterocycles. The molecule has 0 radical (unpaired) electrons. The summed E-state index contributed by atoms with van der Waals surface area (Å²) in [4.78, 5) is 34.1. The predicted molar refractivity (Wildman–Crippen MR) is 110 cm³/mol. The topological polar surface area (TPSA) is 89.3 Å². The number of hydrogen-bond donors (Lipinski definition) is 0. The quantitative estimate of drug-likeness (QED) is 0.729. The van der Waals surface area contributed by atoms with E-state index in [4.69, 9.17) is 0 Å². The summed E-state index contributed by atoms with van der Waals surface area (Å²) in [6, 6.07) is -0.308. The van der Waals surface area contributed by atoms with E-state index < -0.39 is 9.84 Å². The molecule has 2 aromatic heterocycles. The normalized spacial score (nSPS) is 20.8. The lowest BCUT2D eigenvalue weighted by Gasteiger charge is -2.30. The first-order chi connectivity index (χ1) is 13.2.